The molecule has 0 aliphatic carbocycles. The summed E-state index contributed by atoms with van der Waals surface area (Å²) in [6.07, 6.45) is 5.92. The highest BCUT2D eigenvalue weighted by Gasteiger charge is 2.45. The lowest BCUT2D eigenvalue weighted by Gasteiger charge is -2.25. The summed E-state index contributed by atoms with van der Waals surface area (Å²) >= 11 is 0. The Balaban J connectivity index is 1.40. The van der Waals surface area contributed by atoms with Crippen LogP contribution < -0.4 is 4.74 Å². The van der Waals surface area contributed by atoms with Gasteiger partial charge in [0.15, 0.2) is 0 Å². The van der Waals surface area contributed by atoms with Crippen LogP contribution in [-0.4, -0.2) is 37.8 Å². The fourth-order valence-corrected chi connectivity index (χ4v) is 4.73. The van der Waals surface area contributed by atoms with E-state index < -0.39 is 17.7 Å². The summed E-state index contributed by atoms with van der Waals surface area (Å²) < 4.78 is 7.85. The summed E-state index contributed by atoms with van der Waals surface area (Å²) in [5.74, 6) is -0.841. The van der Waals surface area contributed by atoms with Gasteiger partial charge in [0.2, 0.25) is 0 Å². The van der Waals surface area contributed by atoms with Crippen molar-refractivity contribution in [3.8, 4) is 5.75 Å². The lowest BCUT2D eigenvalue weighted by molar-refractivity contribution is -0.139. The lowest BCUT2D eigenvalue weighted by atomic mass is 9.95. The third-order valence-corrected chi connectivity index (χ3v) is 6.81. The maximum atomic E-state index is 13.2. The van der Waals surface area contributed by atoms with E-state index >= 15 is 0 Å². The molecule has 1 fully saturated rings. The predicted molar refractivity (Wildman–Crippen MR) is 144 cm³/mol. The number of ketones is 1. The Morgan fingerprint density at radius 1 is 0.947 bits per heavy atom. The minimum atomic E-state index is -0.682. The van der Waals surface area contributed by atoms with Crippen LogP contribution in [0.25, 0.3) is 5.76 Å². The first-order valence-electron chi connectivity index (χ1n) is 12.6. The van der Waals surface area contributed by atoms with Crippen molar-refractivity contribution in [3.05, 3.63) is 125 Å². The fraction of sp³-hybridized carbons (Fsp3) is 0.194. The standard InChI is InChI=1S/C31H29N3O4/c1-22-8-5-6-11-25(22)20-38-26-14-12-24(13-15-26)29(35)27-28(23-9-3-2-4-10-23)34(31(37)30(27)36)18-7-17-33-19-16-32-21-33/h2-6,8-16,19,21,28,35H,7,17-18,20H2,1H3. The number of aliphatic hydroxyl groups is 1. The van der Waals surface area contributed by atoms with Crippen LogP contribution in [0.4, 0.5) is 0 Å². The van der Waals surface area contributed by atoms with Gasteiger partial charge in [-0.15, -0.1) is 0 Å². The number of aliphatic hydroxyl groups excluding tert-OH is 1. The second-order valence-corrected chi connectivity index (χ2v) is 9.30. The van der Waals surface area contributed by atoms with E-state index in [4.69, 9.17) is 4.74 Å². The van der Waals surface area contributed by atoms with Crippen molar-refractivity contribution in [1.82, 2.24) is 14.5 Å². The molecule has 2 heterocycles. The smallest absolute Gasteiger partial charge is 0.295 e. The van der Waals surface area contributed by atoms with Gasteiger partial charge in [-0.1, -0.05) is 54.6 Å². The second kappa shape index (κ2) is 11.2. The summed E-state index contributed by atoms with van der Waals surface area (Å²) in [6, 6.07) is 23.6. The van der Waals surface area contributed by atoms with Gasteiger partial charge in [-0.2, -0.15) is 0 Å². The first kappa shape index (κ1) is 25.0. The Hall–Kier alpha value is -4.65. The SMILES string of the molecule is Cc1ccccc1COc1ccc(C(O)=C2C(=O)C(=O)N(CCCn3ccnc3)C2c2ccccc2)cc1. The number of imidazole rings is 1. The molecular weight excluding hydrogens is 478 g/mol. The largest absolute Gasteiger partial charge is 0.507 e. The van der Waals surface area contributed by atoms with Crippen LogP contribution >= 0.6 is 0 Å². The van der Waals surface area contributed by atoms with Crippen LogP contribution in [0.1, 0.15) is 34.7 Å². The van der Waals surface area contributed by atoms with E-state index in [0.717, 1.165) is 16.7 Å². The van der Waals surface area contributed by atoms with E-state index in [-0.39, 0.29) is 11.3 Å². The Kier molecular flexibility index (Phi) is 7.35. The number of carbonyl (C=O) groups excluding carboxylic acids is 2. The Labute approximate surface area is 221 Å². The van der Waals surface area contributed by atoms with Crippen LogP contribution in [-0.2, 0) is 22.7 Å². The van der Waals surface area contributed by atoms with Gasteiger partial charge in [0, 0.05) is 31.0 Å². The normalized spacial score (nSPS) is 16.7. The molecule has 7 nitrogen and oxygen atoms in total. The molecule has 1 aliphatic rings. The molecule has 0 bridgehead atoms. The number of aryl methyl sites for hydroxylation is 2. The van der Waals surface area contributed by atoms with Gasteiger partial charge >= 0.3 is 0 Å². The van der Waals surface area contributed by atoms with Crippen molar-refractivity contribution in [2.45, 2.75) is 32.5 Å². The van der Waals surface area contributed by atoms with E-state index in [1.165, 1.54) is 0 Å². The molecule has 1 amide bonds. The van der Waals surface area contributed by atoms with E-state index in [1.807, 2.05) is 72.3 Å². The van der Waals surface area contributed by atoms with Crippen molar-refractivity contribution >= 4 is 17.4 Å². The molecule has 3 aromatic carbocycles. The van der Waals surface area contributed by atoms with E-state index in [2.05, 4.69) is 4.98 Å². The third-order valence-electron chi connectivity index (χ3n) is 6.81. The molecule has 0 radical (unpaired) electrons. The number of amides is 1. The van der Waals surface area contributed by atoms with E-state index in [0.29, 0.717) is 37.4 Å². The molecule has 192 valence electrons. The minimum absolute atomic E-state index is 0.0948. The van der Waals surface area contributed by atoms with Gasteiger partial charge in [-0.05, 0) is 54.3 Å². The number of benzene rings is 3. The Morgan fingerprint density at radius 2 is 1.68 bits per heavy atom. The molecule has 1 N–H and O–H groups in total. The number of nitrogens with zero attached hydrogens (tertiary/aromatic N) is 3. The number of rotatable bonds is 9. The second-order valence-electron chi connectivity index (χ2n) is 9.30. The maximum absolute atomic E-state index is 13.2. The van der Waals surface area contributed by atoms with Crippen molar-refractivity contribution < 1.29 is 19.4 Å². The zero-order valence-electron chi connectivity index (χ0n) is 21.2. The van der Waals surface area contributed by atoms with Crippen LogP contribution in [0, 0.1) is 6.92 Å². The molecule has 5 rings (SSSR count). The summed E-state index contributed by atoms with van der Waals surface area (Å²) in [5.41, 5.74) is 3.56. The Morgan fingerprint density at radius 3 is 2.39 bits per heavy atom. The molecular formula is C31H29N3O4. The molecule has 38 heavy (non-hydrogen) atoms. The number of likely N-dealkylation sites (tertiary alicyclic amines) is 1. The van der Waals surface area contributed by atoms with Gasteiger partial charge < -0.3 is 19.3 Å². The first-order valence-corrected chi connectivity index (χ1v) is 12.6. The molecule has 0 saturated carbocycles. The third kappa shape index (κ3) is 5.22. The molecule has 7 heteroatoms. The number of aromatic nitrogens is 2. The van der Waals surface area contributed by atoms with Crippen molar-refractivity contribution in [1.29, 1.82) is 0 Å². The zero-order chi connectivity index (χ0) is 26.5. The zero-order valence-corrected chi connectivity index (χ0v) is 21.2. The number of ether oxygens (including phenoxy) is 1. The van der Waals surface area contributed by atoms with Crippen LogP contribution in [0.3, 0.4) is 0 Å². The Bertz CT molecular complexity index is 1440. The average molecular weight is 508 g/mol. The predicted octanol–water partition coefficient (Wildman–Crippen LogP) is 5.28. The van der Waals surface area contributed by atoms with Crippen molar-refractivity contribution in [3.63, 3.8) is 0 Å². The van der Waals surface area contributed by atoms with Crippen molar-refractivity contribution in [2.24, 2.45) is 0 Å². The maximum Gasteiger partial charge on any atom is 0.295 e. The minimum Gasteiger partial charge on any atom is -0.507 e. The van der Waals surface area contributed by atoms with Crippen LogP contribution in [0.5, 0.6) is 5.75 Å². The highest BCUT2D eigenvalue weighted by Crippen LogP contribution is 2.39. The van der Waals surface area contributed by atoms with Gasteiger partial charge in [-0.25, -0.2) is 4.98 Å². The van der Waals surface area contributed by atoms with Gasteiger partial charge in [0.25, 0.3) is 11.7 Å². The highest BCUT2D eigenvalue weighted by atomic mass is 16.5. The average Bonchev–Trinajstić information content (AvgIpc) is 3.55. The van der Waals surface area contributed by atoms with Crippen LogP contribution in [0.15, 0.2) is 103 Å². The molecule has 4 aromatic rings. The molecule has 1 atom stereocenters. The topological polar surface area (TPSA) is 84.7 Å². The van der Waals surface area contributed by atoms with Crippen molar-refractivity contribution in [2.75, 3.05) is 6.54 Å². The summed E-state index contributed by atoms with van der Waals surface area (Å²) in [7, 11) is 0. The number of hydrogen-bond acceptors (Lipinski definition) is 5. The molecule has 1 aromatic heterocycles. The number of Topliss-reactive ketones (excluding diaryl/α,β-unsaturated/α-hetero) is 1. The highest BCUT2D eigenvalue weighted by molar-refractivity contribution is 6.46. The molecule has 1 saturated heterocycles. The molecule has 1 aliphatic heterocycles. The lowest BCUT2D eigenvalue weighted by Crippen LogP contribution is -2.31. The summed E-state index contributed by atoms with van der Waals surface area (Å²) in [5, 5.41) is 11.3. The van der Waals surface area contributed by atoms with Gasteiger partial charge in [0.05, 0.1) is 17.9 Å². The quantitative estimate of drug-likeness (QED) is 0.189. The first-order chi connectivity index (χ1) is 18.5. The molecule has 1 unspecified atom stereocenters. The van der Waals surface area contributed by atoms with Gasteiger partial charge in [-0.3, -0.25) is 9.59 Å². The number of carbonyl (C=O) groups is 2. The molecule has 0 spiro atoms. The van der Waals surface area contributed by atoms with E-state index in [1.54, 1.807) is 41.7 Å². The van der Waals surface area contributed by atoms with Gasteiger partial charge in [0.1, 0.15) is 18.1 Å². The van der Waals surface area contributed by atoms with Crippen LogP contribution in [0.2, 0.25) is 0 Å². The number of hydrogen-bond donors (Lipinski definition) is 1. The van der Waals surface area contributed by atoms with E-state index in [9.17, 15) is 14.7 Å². The summed E-state index contributed by atoms with van der Waals surface area (Å²) in [6.45, 7) is 3.49. The fourth-order valence-electron chi connectivity index (χ4n) is 4.73. The monoisotopic (exact) mass is 507 g/mol. The summed E-state index contributed by atoms with van der Waals surface area (Å²) in [4.78, 5) is 31.9.